The van der Waals surface area contributed by atoms with Gasteiger partial charge in [0, 0.05) is 50.9 Å². The molecule has 2 fully saturated rings. The summed E-state index contributed by atoms with van der Waals surface area (Å²) in [5, 5.41) is 9.09. The molecule has 134 valence electrons. The van der Waals surface area contributed by atoms with E-state index in [2.05, 4.69) is 14.8 Å². The third-order valence-electron chi connectivity index (χ3n) is 4.68. The van der Waals surface area contributed by atoms with E-state index in [0.29, 0.717) is 12.1 Å². The van der Waals surface area contributed by atoms with E-state index in [4.69, 9.17) is 9.84 Å². The molecule has 24 heavy (non-hydrogen) atoms. The third-order valence-corrected chi connectivity index (χ3v) is 4.68. The molecule has 0 radical (unpaired) electrons. The van der Waals surface area contributed by atoms with Gasteiger partial charge in [-0.25, -0.2) is 9.18 Å². The summed E-state index contributed by atoms with van der Waals surface area (Å²) >= 11 is 0. The first-order valence-electron chi connectivity index (χ1n) is 8.13. The Kier molecular flexibility index (Phi) is 5.14. The Morgan fingerprint density at radius 2 is 2.04 bits per heavy atom. The van der Waals surface area contributed by atoms with Gasteiger partial charge in [0.2, 0.25) is 0 Å². The van der Waals surface area contributed by atoms with Gasteiger partial charge >= 0.3 is 5.69 Å². The molecule has 2 saturated heterocycles. The van der Waals surface area contributed by atoms with Gasteiger partial charge in [-0.15, -0.1) is 0 Å². The van der Waals surface area contributed by atoms with E-state index in [-0.39, 0.29) is 6.42 Å². The van der Waals surface area contributed by atoms with Crippen LogP contribution in [-0.4, -0.2) is 76.6 Å². The minimum absolute atomic E-state index is 0.0227. The first-order chi connectivity index (χ1) is 11.5. The largest absolute Gasteiger partial charge is 0.394 e. The Labute approximate surface area is 138 Å². The highest BCUT2D eigenvalue weighted by molar-refractivity contribution is 5.06. The molecule has 0 amide bonds. The van der Waals surface area contributed by atoms with Gasteiger partial charge in [-0.05, 0) is 7.05 Å². The first kappa shape index (κ1) is 17.3. The predicted octanol–water partition coefficient (Wildman–Crippen LogP) is -1.10. The second-order valence-electron chi connectivity index (χ2n) is 6.46. The maximum Gasteiger partial charge on any atom is 0.330 e. The molecule has 1 aromatic heterocycles. The van der Waals surface area contributed by atoms with Crippen LogP contribution >= 0.6 is 0 Å². The molecule has 3 heterocycles. The van der Waals surface area contributed by atoms with E-state index in [1.807, 2.05) is 7.05 Å². The quantitative estimate of drug-likeness (QED) is 0.722. The van der Waals surface area contributed by atoms with Gasteiger partial charge in [0.25, 0.3) is 5.56 Å². The van der Waals surface area contributed by atoms with Crippen molar-refractivity contribution in [2.75, 3.05) is 39.8 Å². The van der Waals surface area contributed by atoms with Crippen molar-refractivity contribution in [3.63, 3.8) is 0 Å². The number of ether oxygens (including phenoxy) is 1. The highest BCUT2D eigenvalue weighted by Crippen LogP contribution is 2.29. The molecule has 2 aliphatic rings. The van der Waals surface area contributed by atoms with Crippen molar-refractivity contribution in [2.24, 2.45) is 0 Å². The number of alkyl halides is 1. The monoisotopic (exact) mass is 342 g/mol. The van der Waals surface area contributed by atoms with Gasteiger partial charge in [0.1, 0.15) is 18.5 Å². The number of aliphatic hydroxyl groups is 1. The molecule has 0 unspecified atom stereocenters. The average molecular weight is 342 g/mol. The molecule has 0 bridgehead atoms. The van der Waals surface area contributed by atoms with Crippen LogP contribution in [0.4, 0.5) is 4.39 Å². The number of likely N-dealkylation sites (N-methyl/N-ethyl adjacent to an activating group) is 1. The lowest BCUT2D eigenvalue weighted by molar-refractivity contribution is -0.0357. The number of halogens is 1. The number of H-pyrrole nitrogens is 1. The Balaban J connectivity index is 1.79. The lowest BCUT2D eigenvalue weighted by Gasteiger charge is -2.32. The van der Waals surface area contributed by atoms with E-state index in [1.165, 1.54) is 10.8 Å². The van der Waals surface area contributed by atoms with Crippen molar-refractivity contribution in [3.05, 3.63) is 32.6 Å². The summed E-state index contributed by atoms with van der Waals surface area (Å²) < 4.78 is 20.4. The van der Waals surface area contributed by atoms with Crippen LogP contribution in [0.1, 0.15) is 18.2 Å². The molecule has 3 atom stereocenters. The molecule has 0 saturated carbocycles. The van der Waals surface area contributed by atoms with E-state index < -0.39 is 36.4 Å². The Hall–Kier alpha value is -1.55. The van der Waals surface area contributed by atoms with Crippen LogP contribution < -0.4 is 11.2 Å². The van der Waals surface area contributed by atoms with Crippen molar-refractivity contribution in [2.45, 2.75) is 31.5 Å². The van der Waals surface area contributed by atoms with Gasteiger partial charge in [-0.1, -0.05) is 0 Å². The Morgan fingerprint density at radius 3 is 2.67 bits per heavy atom. The topological polar surface area (TPSA) is 90.8 Å². The van der Waals surface area contributed by atoms with E-state index >= 15 is 0 Å². The molecule has 3 rings (SSSR count). The van der Waals surface area contributed by atoms with Gasteiger partial charge in [-0.3, -0.25) is 19.2 Å². The summed E-state index contributed by atoms with van der Waals surface area (Å²) in [4.78, 5) is 30.7. The first-order valence-corrected chi connectivity index (χ1v) is 8.13. The zero-order chi connectivity index (χ0) is 17.3. The van der Waals surface area contributed by atoms with Crippen LogP contribution in [0.2, 0.25) is 0 Å². The van der Waals surface area contributed by atoms with Crippen LogP contribution in [0.25, 0.3) is 0 Å². The lowest BCUT2D eigenvalue weighted by atomic mass is 10.2. The third kappa shape index (κ3) is 3.59. The fourth-order valence-corrected chi connectivity index (χ4v) is 3.12. The highest BCUT2D eigenvalue weighted by Gasteiger charge is 2.36. The van der Waals surface area contributed by atoms with Crippen molar-refractivity contribution in [3.8, 4) is 0 Å². The normalized spacial score (nSPS) is 29.2. The van der Waals surface area contributed by atoms with Gasteiger partial charge in [0.15, 0.2) is 0 Å². The van der Waals surface area contributed by atoms with E-state index in [1.54, 1.807) is 0 Å². The lowest BCUT2D eigenvalue weighted by Crippen LogP contribution is -2.45. The molecule has 1 aromatic rings. The van der Waals surface area contributed by atoms with Crippen molar-refractivity contribution in [1.82, 2.24) is 19.4 Å². The number of aromatic amines is 1. The molecular weight excluding hydrogens is 319 g/mol. The molecule has 2 aliphatic heterocycles. The highest BCUT2D eigenvalue weighted by atomic mass is 19.1. The van der Waals surface area contributed by atoms with Crippen molar-refractivity contribution in [1.29, 1.82) is 0 Å². The maximum absolute atomic E-state index is 13.8. The Morgan fingerprint density at radius 1 is 1.33 bits per heavy atom. The molecule has 8 nitrogen and oxygen atoms in total. The standard InChI is InChI=1S/C15H23FN4O4/c1-18-2-4-19(5-3-18)7-10-8-20(15(23)17-14(10)22)13-6-11(16)12(9-21)24-13/h8,11-13,21H,2-7,9H2,1H3,(H,17,22,23)/t11-,12+,13-/m0/s1. The summed E-state index contributed by atoms with van der Waals surface area (Å²) in [6.07, 6.45) is -1.65. The molecule has 0 aromatic carbocycles. The molecular formula is C15H23FN4O4. The fourth-order valence-electron chi connectivity index (χ4n) is 3.12. The van der Waals surface area contributed by atoms with Crippen LogP contribution in [0.3, 0.4) is 0 Å². The van der Waals surface area contributed by atoms with Gasteiger partial charge in [0.05, 0.1) is 6.61 Å². The predicted molar refractivity (Wildman–Crippen MR) is 84.6 cm³/mol. The smallest absolute Gasteiger partial charge is 0.330 e. The zero-order valence-corrected chi connectivity index (χ0v) is 13.7. The van der Waals surface area contributed by atoms with Gasteiger partial charge in [-0.2, -0.15) is 0 Å². The van der Waals surface area contributed by atoms with Crippen LogP contribution in [-0.2, 0) is 11.3 Å². The summed E-state index contributed by atoms with van der Waals surface area (Å²) in [6, 6.07) is 0. The second kappa shape index (κ2) is 7.14. The van der Waals surface area contributed by atoms with Crippen LogP contribution in [0, 0.1) is 0 Å². The minimum atomic E-state index is -1.33. The fraction of sp³-hybridized carbons (Fsp3) is 0.733. The Bertz CT molecular complexity index is 683. The molecule has 0 aliphatic carbocycles. The second-order valence-corrected chi connectivity index (χ2v) is 6.46. The average Bonchev–Trinajstić information content (AvgIpc) is 2.92. The number of piperazine rings is 1. The number of rotatable bonds is 4. The summed E-state index contributed by atoms with van der Waals surface area (Å²) in [7, 11) is 2.05. The minimum Gasteiger partial charge on any atom is -0.394 e. The zero-order valence-electron chi connectivity index (χ0n) is 13.7. The van der Waals surface area contributed by atoms with Crippen LogP contribution in [0.5, 0.6) is 0 Å². The number of nitrogens with zero attached hydrogens (tertiary/aromatic N) is 3. The van der Waals surface area contributed by atoms with Crippen LogP contribution in [0.15, 0.2) is 15.8 Å². The molecule has 9 heteroatoms. The number of nitrogens with one attached hydrogen (secondary N) is 1. The summed E-state index contributed by atoms with van der Waals surface area (Å²) in [5.41, 5.74) is -0.604. The SMILES string of the molecule is CN1CCN(Cc2cn([C@@H]3C[C@H](F)[C@@H](CO)O3)c(=O)[nH]c2=O)CC1. The summed E-state index contributed by atoms with van der Waals surface area (Å²) in [6.45, 7) is 3.51. The summed E-state index contributed by atoms with van der Waals surface area (Å²) in [5.74, 6) is 0. The molecule has 0 spiro atoms. The molecule has 2 N–H and O–H groups in total. The number of hydrogen-bond donors (Lipinski definition) is 2. The number of aliphatic hydroxyl groups excluding tert-OH is 1. The van der Waals surface area contributed by atoms with Crippen molar-refractivity contribution < 1.29 is 14.2 Å². The van der Waals surface area contributed by atoms with Gasteiger partial charge < -0.3 is 14.7 Å². The van der Waals surface area contributed by atoms with Crippen molar-refractivity contribution >= 4 is 0 Å². The van der Waals surface area contributed by atoms with E-state index in [9.17, 15) is 14.0 Å². The maximum atomic E-state index is 13.8. The van der Waals surface area contributed by atoms with E-state index in [0.717, 1.165) is 26.2 Å². The number of hydrogen-bond acceptors (Lipinski definition) is 6. The number of aromatic nitrogens is 2.